The van der Waals surface area contributed by atoms with Gasteiger partial charge in [-0.2, -0.15) is 5.21 Å². The minimum Gasteiger partial charge on any atom is -0.456 e. The van der Waals surface area contributed by atoms with Crippen LogP contribution < -0.4 is 5.32 Å². The number of aromatic amines is 1. The third-order valence-electron chi connectivity index (χ3n) is 2.62. The fourth-order valence-corrected chi connectivity index (χ4v) is 1.66. The van der Waals surface area contributed by atoms with E-state index in [-0.39, 0.29) is 11.8 Å². The highest BCUT2D eigenvalue weighted by Gasteiger charge is 2.16. The molecule has 7 heteroatoms. The third kappa shape index (κ3) is 2.55. The van der Waals surface area contributed by atoms with E-state index in [0.29, 0.717) is 18.1 Å². The zero-order valence-corrected chi connectivity index (χ0v) is 10.5. The normalized spacial score (nSPS) is 12.4. The molecule has 96 valence electrons. The number of nitrogens with zero attached hydrogens (tertiary/aromatic N) is 3. The van der Waals surface area contributed by atoms with E-state index in [9.17, 15) is 4.79 Å². The number of aryl methyl sites for hydroxylation is 2. The van der Waals surface area contributed by atoms with Crippen LogP contribution in [0.15, 0.2) is 10.5 Å². The van der Waals surface area contributed by atoms with Gasteiger partial charge in [-0.25, -0.2) is 0 Å². The Kier molecular flexibility index (Phi) is 3.40. The predicted molar refractivity (Wildman–Crippen MR) is 63.1 cm³/mol. The van der Waals surface area contributed by atoms with Gasteiger partial charge >= 0.3 is 0 Å². The van der Waals surface area contributed by atoms with Gasteiger partial charge in [-0.1, -0.05) is 12.1 Å². The van der Waals surface area contributed by atoms with Gasteiger partial charge in [-0.05, 0) is 19.9 Å². The first-order valence-electron chi connectivity index (χ1n) is 5.66. The molecule has 7 nitrogen and oxygen atoms in total. The molecule has 0 aliphatic carbocycles. The number of amides is 1. The van der Waals surface area contributed by atoms with Crippen LogP contribution in [0.5, 0.6) is 0 Å². The lowest BCUT2D eigenvalue weighted by Gasteiger charge is -2.07. The van der Waals surface area contributed by atoms with Crippen molar-refractivity contribution in [2.24, 2.45) is 0 Å². The van der Waals surface area contributed by atoms with Gasteiger partial charge in [-0.3, -0.25) is 4.79 Å². The van der Waals surface area contributed by atoms with E-state index in [1.807, 2.05) is 26.8 Å². The maximum atomic E-state index is 11.9. The van der Waals surface area contributed by atoms with E-state index in [1.165, 1.54) is 0 Å². The molecular formula is C11H15N5O2. The smallest absolute Gasteiger partial charge is 0.287 e. The molecule has 0 aliphatic heterocycles. The average Bonchev–Trinajstić information content (AvgIpc) is 2.95. The summed E-state index contributed by atoms with van der Waals surface area (Å²) in [4.78, 5) is 11.9. The molecule has 0 saturated carbocycles. The number of carbonyl (C=O) groups excluding carboxylic acids is 1. The van der Waals surface area contributed by atoms with Gasteiger partial charge in [0.15, 0.2) is 11.6 Å². The van der Waals surface area contributed by atoms with E-state index < -0.39 is 0 Å². The Bertz CT molecular complexity index is 532. The van der Waals surface area contributed by atoms with Crippen LogP contribution in [-0.2, 0) is 0 Å². The van der Waals surface area contributed by atoms with E-state index in [2.05, 4.69) is 25.9 Å². The van der Waals surface area contributed by atoms with Crippen molar-refractivity contribution in [2.45, 2.75) is 26.7 Å². The van der Waals surface area contributed by atoms with Gasteiger partial charge in [0.25, 0.3) is 5.91 Å². The van der Waals surface area contributed by atoms with Crippen molar-refractivity contribution in [1.82, 2.24) is 25.9 Å². The summed E-state index contributed by atoms with van der Waals surface area (Å²) in [6.07, 6.45) is 0. The lowest BCUT2D eigenvalue weighted by atomic mass is 10.1. The molecule has 0 bridgehead atoms. The van der Waals surface area contributed by atoms with Crippen molar-refractivity contribution >= 4 is 5.91 Å². The van der Waals surface area contributed by atoms with Crippen LogP contribution >= 0.6 is 0 Å². The molecule has 2 aromatic heterocycles. The second kappa shape index (κ2) is 4.99. The molecular weight excluding hydrogens is 234 g/mol. The maximum Gasteiger partial charge on any atom is 0.287 e. The molecule has 2 aromatic rings. The van der Waals surface area contributed by atoms with E-state index in [0.717, 1.165) is 11.3 Å². The van der Waals surface area contributed by atoms with Gasteiger partial charge < -0.3 is 9.73 Å². The van der Waals surface area contributed by atoms with Crippen LogP contribution in [0.2, 0.25) is 0 Å². The topological polar surface area (TPSA) is 96.7 Å². The van der Waals surface area contributed by atoms with Crippen LogP contribution in [-0.4, -0.2) is 33.1 Å². The Morgan fingerprint density at radius 1 is 1.56 bits per heavy atom. The molecule has 2 N–H and O–H groups in total. The van der Waals surface area contributed by atoms with E-state index in [4.69, 9.17) is 4.42 Å². The minimum absolute atomic E-state index is 0.0101. The largest absolute Gasteiger partial charge is 0.456 e. The van der Waals surface area contributed by atoms with Crippen LogP contribution in [0.25, 0.3) is 0 Å². The molecule has 18 heavy (non-hydrogen) atoms. The van der Waals surface area contributed by atoms with Gasteiger partial charge in [-0.15, -0.1) is 10.2 Å². The molecule has 2 heterocycles. The van der Waals surface area contributed by atoms with E-state index >= 15 is 0 Å². The standard InChI is InChI=1S/C11H15N5O2/c1-6-4-8(3)18-9(6)11(17)12-5-7(2)10-13-15-16-14-10/h4,7H,5H2,1-3H3,(H,12,17)(H,13,14,15,16)/t7-/m0/s1. The summed E-state index contributed by atoms with van der Waals surface area (Å²) in [6.45, 7) is 5.99. The Morgan fingerprint density at radius 3 is 2.89 bits per heavy atom. The van der Waals surface area contributed by atoms with Gasteiger partial charge in [0.2, 0.25) is 0 Å². The van der Waals surface area contributed by atoms with Crippen molar-refractivity contribution in [3.63, 3.8) is 0 Å². The Morgan fingerprint density at radius 2 is 2.33 bits per heavy atom. The highest BCUT2D eigenvalue weighted by Crippen LogP contribution is 2.14. The molecule has 0 aromatic carbocycles. The minimum atomic E-state index is -0.226. The number of rotatable bonds is 4. The monoisotopic (exact) mass is 249 g/mol. The number of carbonyl (C=O) groups is 1. The second-order valence-corrected chi connectivity index (χ2v) is 4.25. The van der Waals surface area contributed by atoms with Crippen molar-refractivity contribution in [3.05, 3.63) is 29.0 Å². The molecule has 2 rings (SSSR count). The SMILES string of the molecule is Cc1cc(C)c(C(=O)NC[C@H](C)c2nn[nH]n2)o1. The summed E-state index contributed by atoms with van der Waals surface area (Å²) >= 11 is 0. The molecule has 0 saturated heterocycles. The van der Waals surface area contributed by atoms with Gasteiger partial charge in [0.05, 0.1) is 0 Å². The average molecular weight is 249 g/mol. The first kappa shape index (κ1) is 12.3. The summed E-state index contributed by atoms with van der Waals surface area (Å²) in [6, 6.07) is 1.83. The quantitative estimate of drug-likeness (QED) is 0.840. The lowest BCUT2D eigenvalue weighted by molar-refractivity contribution is 0.0921. The molecule has 0 fully saturated rings. The van der Waals surface area contributed by atoms with Crippen LogP contribution in [0.1, 0.15) is 40.5 Å². The summed E-state index contributed by atoms with van der Waals surface area (Å²) in [5.41, 5.74) is 0.831. The molecule has 0 aliphatic rings. The van der Waals surface area contributed by atoms with Crippen LogP contribution in [0, 0.1) is 13.8 Å². The number of hydrogen-bond donors (Lipinski definition) is 2. The summed E-state index contributed by atoms with van der Waals surface area (Å²) in [5.74, 6) is 1.42. The summed E-state index contributed by atoms with van der Waals surface area (Å²) in [7, 11) is 0. The first-order valence-corrected chi connectivity index (χ1v) is 5.66. The number of furan rings is 1. The van der Waals surface area contributed by atoms with Crippen LogP contribution in [0.3, 0.4) is 0 Å². The van der Waals surface area contributed by atoms with E-state index in [1.54, 1.807) is 0 Å². The molecule has 0 unspecified atom stereocenters. The highest BCUT2D eigenvalue weighted by molar-refractivity contribution is 5.92. The highest BCUT2D eigenvalue weighted by atomic mass is 16.3. The van der Waals surface area contributed by atoms with Gasteiger partial charge in [0.1, 0.15) is 5.76 Å². The number of nitrogens with one attached hydrogen (secondary N) is 2. The molecule has 1 atom stereocenters. The summed E-state index contributed by atoms with van der Waals surface area (Å²) in [5, 5.41) is 16.4. The van der Waals surface area contributed by atoms with Crippen LogP contribution in [0.4, 0.5) is 0 Å². The second-order valence-electron chi connectivity index (χ2n) is 4.25. The maximum absolute atomic E-state index is 11.9. The molecule has 1 amide bonds. The third-order valence-corrected chi connectivity index (χ3v) is 2.62. The zero-order valence-electron chi connectivity index (χ0n) is 10.5. The number of H-pyrrole nitrogens is 1. The van der Waals surface area contributed by atoms with Crippen molar-refractivity contribution in [3.8, 4) is 0 Å². The fraction of sp³-hybridized carbons (Fsp3) is 0.455. The Hall–Kier alpha value is -2.18. The number of tetrazole rings is 1. The fourth-order valence-electron chi connectivity index (χ4n) is 1.66. The predicted octanol–water partition coefficient (Wildman–Crippen LogP) is 0.943. The molecule has 0 spiro atoms. The first-order chi connectivity index (χ1) is 8.58. The number of hydrogen-bond acceptors (Lipinski definition) is 5. The Labute approximate surface area is 104 Å². The van der Waals surface area contributed by atoms with Crippen molar-refractivity contribution in [1.29, 1.82) is 0 Å². The lowest BCUT2D eigenvalue weighted by Crippen LogP contribution is -2.28. The van der Waals surface area contributed by atoms with Crippen molar-refractivity contribution < 1.29 is 9.21 Å². The zero-order chi connectivity index (χ0) is 13.1. The van der Waals surface area contributed by atoms with Crippen molar-refractivity contribution in [2.75, 3.05) is 6.54 Å². The molecule has 0 radical (unpaired) electrons. The summed E-state index contributed by atoms with van der Waals surface area (Å²) < 4.78 is 5.34. The number of aromatic nitrogens is 4. The van der Waals surface area contributed by atoms with Gasteiger partial charge in [0, 0.05) is 18.0 Å². The Balaban J connectivity index is 1.94.